The summed E-state index contributed by atoms with van der Waals surface area (Å²) in [6, 6.07) is 10.2. The number of rotatable bonds is 34. The number of aryl methyl sites for hydroxylation is 4. The van der Waals surface area contributed by atoms with Gasteiger partial charge < -0.3 is 5.53 Å². The first-order valence-corrected chi connectivity index (χ1v) is 25.7. The summed E-state index contributed by atoms with van der Waals surface area (Å²) in [6.07, 6.45) is 39.2. The lowest BCUT2D eigenvalue weighted by Crippen LogP contribution is -2.09. The van der Waals surface area contributed by atoms with Gasteiger partial charge in [-0.3, -0.25) is 0 Å². The fourth-order valence-corrected chi connectivity index (χ4v) is 9.57. The van der Waals surface area contributed by atoms with E-state index >= 15 is 0 Å². The van der Waals surface area contributed by atoms with Crippen LogP contribution in [0.5, 0.6) is 0 Å². The van der Waals surface area contributed by atoms with Gasteiger partial charge in [0, 0.05) is 22.3 Å². The number of benzene rings is 2. The van der Waals surface area contributed by atoms with Gasteiger partial charge in [-0.2, -0.15) is 0 Å². The van der Waals surface area contributed by atoms with Crippen LogP contribution >= 0.6 is 0 Å². The molecule has 0 saturated heterocycles. The summed E-state index contributed by atoms with van der Waals surface area (Å²) in [5.74, 6) is 0. The second-order valence-corrected chi connectivity index (χ2v) is 18.2. The van der Waals surface area contributed by atoms with Crippen molar-refractivity contribution in [3.63, 3.8) is 0 Å². The first-order valence-electron chi connectivity index (χ1n) is 25.7. The normalized spacial score (nSPS) is 13.2. The van der Waals surface area contributed by atoms with Crippen LogP contribution in [-0.2, 0) is 38.5 Å². The smallest absolute Gasteiger partial charge is 0.211 e. The van der Waals surface area contributed by atoms with E-state index in [1.165, 1.54) is 176 Å². The Labute approximate surface area is 361 Å². The molecule has 0 aliphatic carbocycles. The van der Waals surface area contributed by atoms with Gasteiger partial charge in [0.25, 0.3) is 0 Å². The summed E-state index contributed by atoms with van der Waals surface area (Å²) in [6.45, 7) is 18.7. The molecule has 2 nitrogen and oxygen atoms in total. The lowest BCUT2D eigenvalue weighted by Gasteiger charge is -2.20. The average Bonchev–Trinajstić information content (AvgIpc) is 3.51. The summed E-state index contributed by atoms with van der Waals surface area (Å²) < 4.78 is 1.74. The van der Waals surface area contributed by atoms with Crippen LogP contribution in [0.2, 0.25) is 0 Å². The van der Waals surface area contributed by atoms with Gasteiger partial charge in [-0.05, 0) is 160 Å². The third-order valence-electron chi connectivity index (χ3n) is 13.1. The van der Waals surface area contributed by atoms with Gasteiger partial charge in [0.15, 0.2) is 0 Å². The monoisotopic (exact) mass is 793 g/mol. The van der Waals surface area contributed by atoms with E-state index in [2.05, 4.69) is 79.7 Å². The lowest BCUT2D eigenvalue weighted by atomic mass is 9.86. The van der Waals surface area contributed by atoms with E-state index in [-0.39, 0.29) is 0 Å². The summed E-state index contributed by atoms with van der Waals surface area (Å²) >= 11 is 0. The van der Waals surface area contributed by atoms with Gasteiger partial charge in [0.1, 0.15) is 0 Å². The third-order valence-corrected chi connectivity index (χ3v) is 13.1. The Hall–Kier alpha value is -2.48. The van der Waals surface area contributed by atoms with Crippen molar-refractivity contribution in [2.45, 2.75) is 261 Å². The first-order chi connectivity index (χ1) is 28.4. The van der Waals surface area contributed by atoms with E-state index in [1.54, 1.807) is 38.1 Å². The van der Waals surface area contributed by atoms with E-state index in [4.69, 9.17) is 0 Å². The van der Waals surface area contributed by atoms with Crippen LogP contribution in [0.1, 0.15) is 267 Å². The lowest BCUT2D eigenvalue weighted by molar-refractivity contribution is -0.345. The molecule has 0 N–H and O–H groups in total. The minimum absolute atomic E-state index is 1.03. The predicted molar refractivity (Wildman–Crippen MR) is 258 cm³/mol. The Kier molecular flexibility index (Phi) is 25.5. The van der Waals surface area contributed by atoms with Crippen LogP contribution in [0.3, 0.4) is 0 Å². The van der Waals surface area contributed by atoms with E-state index in [0.29, 0.717) is 0 Å². The van der Waals surface area contributed by atoms with Crippen molar-refractivity contribution >= 4 is 11.4 Å². The quantitative estimate of drug-likeness (QED) is 0.0498. The highest BCUT2D eigenvalue weighted by Crippen LogP contribution is 2.46. The maximum atomic E-state index is 13.0. The van der Waals surface area contributed by atoms with Crippen molar-refractivity contribution in [3.05, 3.63) is 85.5 Å². The zero-order chi connectivity index (χ0) is 42.0. The summed E-state index contributed by atoms with van der Waals surface area (Å²) in [7, 11) is 0. The van der Waals surface area contributed by atoms with Crippen LogP contribution in [0.4, 0.5) is 0 Å². The fraction of sp³-hybridized carbons (Fsp3) is 0.714. The second-order valence-electron chi connectivity index (χ2n) is 18.2. The predicted octanol–water partition coefficient (Wildman–Crippen LogP) is 18.4. The van der Waals surface area contributed by atoms with Gasteiger partial charge in [0.2, 0.25) is 11.4 Å². The molecular formula is C56H92N2. The molecule has 0 bridgehead atoms. The van der Waals surface area contributed by atoms with E-state index in [0.717, 1.165) is 62.8 Å². The molecule has 0 aromatic heterocycles. The maximum Gasteiger partial charge on any atom is 0.211 e. The maximum absolute atomic E-state index is 13.0. The van der Waals surface area contributed by atoms with E-state index in [9.17, 15) is 5.53 Å². The molecule has 3 rings (SSSR count). The highest BCUT2D eigenvalue weighted by Gasteiger charge is 2.36. The van der Waals surface area contributed by atoms with E-state index < -0.39 is 0 Å². The highest BCUT2D eigenvalue weighted by atomic mass is 15.2. The van der Waals surface area contributed by atoms with Crippen molar-refractivity contribution in [2.24, 2.45) is 0 Å². The Balaban J connectivity index is 2.35. The van der Waals surface area contributed by atoms with Crippen LogP contribution in [0, 0.1) is 0 Å². The number of hydrogen-bond donors (Lipinski definition) is 0. The van der Waals surface area contributed by atoms with E-state index in [1.807, 2.05) is 0 Å². The first kappa shape index (κ1) is 49.9. The van der Waals surface area contributed by atoms with Crippen LogP contribution in [0.15, 0.2) is 35.4 Å². The van der Waals surface area contributed by atoms with Crippen molar-refractivity contribution in [2.75, 3.05) is 0 Å². The summed E-state index contributed by atoms with van der Waals surface area (Å²) in [5.41, 5.74) is 30.1. The molecule has 0 unspecified atom stereocenters. The van der Waals surface area contributed by atoms with Crippen molar-refractivity contribution < 1.29 is 4.70 Å². The topological polar surface area (TPSA) is 25.3 Å². The second kappa shape index (κ2) is 29.7. The average molecular weight is 793 g/mol. The molecule has 58 heavy (non-hydrogen) atoms. The highest BCUT2D eigenvalue weighted by molar-refractivity contribution is 5.83. The van der Waals surface area contributed by atoms with Crippen molar-refractivity contribution in [1.29, 1.82) is 0 Å². The standard InChI is InChI=1S/C56H92N2/c1-9-17-25-29-35-47-43-50(44-48(36-30-26-18-10-2)52(47)39-31-27-19-11-3)56-54(40-32-28-20-12-4)53(38-24-16-8)55(58(56)57)49-41-45(33-21-13-5)51(37-23-15-7)46(42-49)34-22-14-6/h41-44H,9-40H2,1-8H3. The van der Waals surface area contributed by atoms with Crippen LogP contribution in [0.25, 0.3) is 16.9 Å². The number of nitrogens with zero attached hydrogens (tertiary/aromatic N) is 2. The molecule has 2 heteroatoms. The number of allylic oxidation sites excluding steroid dienone is 2. The number of unbranched alkanes of at least 4 members (excludes halogenated alkanes) is 16. The summed E-state index contributed by atoms with van der Waals surface area (Å²) in [5, 5.41) is 0. The Morgan fingerprint density at radius 1 is 0.310 bits per heavy atom. The largest absolute Gasteiger partial charge is 0.493 e. The van der Waals surface area contributed by atoms with Gasteiger partial charge >= 0.3 is 0 Å². The van der Waals surface area contributed by atoms with Gasteiger partial charge in [-0.25, -0.2) is 4.70 Å². The Morgan fingerprint density at radius 2 is 0.569 bits per heavy atom. The molecule has 0 saturated carbocycles. The van der Waals surface area contributed by atoms with Crippen molar-refractivity contribution in [3.8, 4) is 0 Å². The SMILES string of the molecule is CCCCCCC1=C(c2cc(CCCCCC)c(CCCCCC)c(CCCCCC)c2)[N+](=[N-])C(c2cc(CCCC)c(CCCC)c(CCCC)c2)=C1CCCC. The molecule has 2 aromatic rings. The number of hydrogen-bond acceptors (Lipinski definition) is 0. The fourth-order valence-electron chi connectivity index (χ4n) is 9.57. The molecule has 326 valence electrons. The zero-order valence-corrected chi connectivity index (χ0v) is 39.8. The summed E-state index contributed by atoms with van der Waals surface area (Å²) in [4.78, 5) is 0. The minimum Gasteiger partial charge on any atom is -0.493 e. The minimum atomic E-state index is 1.03. The molecule has 0 spiro atoms. The zero-order valence-electron chi connectivity index (χ0n) is 39.8. The van der Waals surface area contributed by atoms with Crippen LogP contribution in [-0.4, -0.2) is 4.70 Å². The third kappa shape index (κ3) is 15.5. The van der Waals surface area contributed by atoms with Gasteiger partial charge in [0.05, 0.1) is 0 Å². The van der Waals surface area contributed by atoms with Crippen LogP contribution < -0.4 is 0 Å². The van der Waals surface area contributed by atoms with Gasteiger partial charge in [-0.15, -0.1) is 0 Å². The molecule has 1 aliphatic rings. The molecule has 2 aromatic carbocycles. The van der Waals surface area contributed by atoms with Crippen molar-refractivity contribution in [1.82, 2.24) is 0 Å². The van der Waals surface area contributed by atoms with Gasteiger partial charge in [-0.1, -0.05) is 158 Å². The molecule has 0 atom stereocenters. The molecule has 1 heterocycles. The Morgan fingerprint density at radius 3 is 0.931 bits per heavy atom. The molecule has 0 radical (unpaired) electrons. The molecular weight excluding hydrogens is 701 g/mol. The molecule has 1 aliphatic heterocycles. The Bertz CT molecular complexity index is 1470. The molecule has 0 fully saturated rings. The molecule has 0 amide bonds.